The van der Waals surface area contributed by atoms with Crippen molar-refractivity contribution >= 4 is 5.91 Å². The van der Waals surface area contributed by atoms with E-state index in [1.807, 2.05) is 4.90 Å². The van der Waals surface area contributed by atoms with Crippen molar-refractivity contribution in [2.24, 2.45) is 0 Å². The van der Waals surface area contributed by atoms with Crippen molar-refractivity contribution in [1.82, 2.24) is 9.80 Å². The van der Waals surface area contributed by atoms with E-state index >= 15 is 0 Å². The Balaban J connectivity index is 1.63. The lowest BCUT2D eigenvalue weighted by molar-refractivity contribution is -0.133. The van der Waals surface area contributed by atoms with E-state index in [0.717, 1.165) is 51.9 Å². The van der Waals surface area contributed by atoms with Gasteiger partial charge in [0.15, 0.2) is 0 Å². The van der Waals surface area contributed by atoms with Gasteiger partial charge in [-0.2, -0.15) is 0 Å². The molecule has 0 aromatic heterocycles. The molecule has 0 aliphatic carbocycles. The summed E-state index contributed by atoms with van der Waals surface area (Å²) in [6.45, 7) is 3.79. The van der Waals surface area contributed by atoms with Crippen LogP contribution in [0.4, 0.5) is 4.39 Å². The van der Waals surface area contributed by atoms with E-state index in [1.165, 1.54) is 18.9 Å². The molecule has 1 aromatic carbocycles. The van der Waals surface area contributed by atoms with Crippen LogP contribution in [-0.4, -0.2) is 61.1 Å². The third-order valence-electron chi connectivity index (χ3n) is 5.83. The van der Waals surface area contributed by atoms with Crippen LogP contribution in [0.25, 0.3) is 0 Å². The maximum Gasteiger partial charge on any atom is 0.227 e. The average molecular weight is 362 g/mol. The van der Waals surface area contributed by atoms with Crippen molar-refractivity contribution in [2.45, 2.75) is 57.1 Å². The molecule has 1 unspecified atom stereocenters. The molecular weight excluding hydrogens is 331 g/mol. The first-order valence-corrected chi connectivity index (χ1v) is 9.95. The van der Waals surface area contributed by atoms with E-state index in [2.05, 4.69) is 4.90 Å². The fourth-order valence-electron chi connectivity index (χ4n) is 4.23. The molecule has 0 radical (unpaired) electrons. The van der Waals surface area contributed by atoms with E-state index < -0.39 is 0 Å². The van der Waals surface area contributed by atoms with Gasteiger partial charge in [0.2, 0.25) is 5.91 Å². The van der Waals surface area contributed by atoms with Gasteiger partial charge >= 0.3 is 0 Å². The maximum atomic E-state index is 13.9. The topological polar surface area (TPSA) is 32.8 Å². The van der Waals surface area contributed by atoms with Crippen LogP contribution in [0.3, 0.4) is 0 Å². The molecule has 4 nitrogen and oxygen atoms in total. The Labute approximate surface area is 156 Å². The summed E-state index contributed by atoms with van der Waals surface area (Å²) in [5, 5.41) is 0. The lowest BCUT2D eigenvalue weighted by Crippen LogP contribution is -2.49. The summed E-state index contributed by atoms with van der Waals surface area (Å²) in [5.41, 5.74) is 0.501. The van der Waals surface area contributed by atoms with Crippen LogP contribution in [0.1, 0.15) is 44.1 Å². The van der Waals surface area contributed by atoms with Crippen LogP contribution in [-0.2, 0) is 16.0 Å². The highest BCUT2D eigenvalue weighted by Crippen LogP contribution is 2.22. The van der Waals surface area contributed by atoms with Gasteiger partial charge in [-0.25, -0.2) is 4.39 Å². The third-order valence-corrected chi connectivity index (χ3v) is 5.83. The average Bonchev–Trinajstić information content (AvgIpc) is 2.90. The summed E-state index contributed by atoms with van der Waals surface area (Å²) in [5.74, 6) is -0.220. The van der Waals surface area contributed by atoms with Gasteiger partial charge in [-0.05, 0) is 37.3 Å². The van der Waals surface area contributed by atoms with Gasteiger partial charge < -0.3 is 14.5 Å². The molecule has 5 heteroatoms. The van der Waals surface area contributed by atoms with E-state index in [9.17, 15) is 9.18 Å². The number of halogens is 1. The zero-order chi connectivity index (χ0) is 18.4. The molecule has 1 aromatic rings. The minimum Gasteiger partial charge on any atom is -0.381 e. The Morgan fingerprint density at radius 2 is 1.88 bits per heavy atom. The molecule has 1 atom stereocenters. The molecule has 26 heavy (non-hydrogen) atoms. The van der Waals surface area contributed by atoms with E-state index in [-0.39, 0.29) is 24.2 Å². The highest BCUT2D eigenvalue weighted by molar-refractivity contribution is 5.79. The van der Waals surface area contributed by atoms with Gasteiger partial charge in [-0.3, -0.25) is 4.79 Å². The minimum absolute atomic E-state index is 0.0637. The van der Waals surface area contributed by atoms with Crippen LogP contribution in [0.15, 0.2) is 24.3 Å². The lowest BCUT2D eigenvalue weighted by atomic mass is 10.0. The molecule has 0 bridgehead atoms. The molecule has 2 heterocycles. The largest absolute Gasteiger partial charge is 0.381 e. The number of likely N-dealkylation sites (tertiary alicyclic amines) is 2. The molecule has 2 aliphatic heterocycles. The zero-order valence-corrected chi connectivity index (χ0v) is 15.8. The summed E-state index contributed by atoms with van der Waals surface area (Å²) in [6, 6.07) is 6.86. The number of hydrogen-bond donors (Lipinski definition) is 0. The number of carbonyl (C=O) groups is 1. The molecule has 0 saturated carbocycles. The Morgan fingerprint density at radius 3 is 2.62 bits per heavy atom. The van der Waals surface area contributed by atoms with Crippen LogP contribution in [0.5, 0.6) is 0 Å². The number of methoxy groups -OCH3 is 1. The molecule has 0 N–H and O–H groups in total. The van der Waals surface area contributed by atoms with Crippen molar-refractivity contribution in [2.75, 3.05) is 33.3 Å². The number of nitrogens with zero attached hydrogens (tertiary/aromatic N) is 2. The predicted octanol–water partition coefficient (Wildman–Crippen LogP) is 3.25. The monoisotopic (exact) mass is 362 g/mol. The maximum absolute atomic E-state index is 13.9. The number of benzene rings is 1. The van der Waals surface area contributed by atoms with Gasteiger partial charge in [-0.1, -0.05) is 31.0 Å². The van der Waals surface area contributed by atoms with Crippen molar-refractivity contribution in [3.63, 3.8) is 0 Å². The van der Waals surface area contributed by atoms with Crippen molar-refractivity contribution in [3.8, 4) is 0 Å². The van der Waals surface area contributed by atoms with Gasteiger partial charge in [0.25, 0.3) is 0 Å². The Bertz CT molecular complexity index is 587. The van der Waals surface area contributed by atoms with Crippen molar-refractivity contribution in [3.05, 3.63) is 35.6 Å². The second-order valence-corrected chi connectivity index (χ2v) is 7.59. The van der Waals surface area contributed by atoms with Crippen molar-refractivity contribution < 1.29 is 13.9 Å². The van der Waals surface area contributed by atoms with Crippen LogP contribution in [0.2, 0.25) is 0 Å². The predicted molar refractivity (Wildman–Crippen MR) is 101 cm³/mol. The quantitative estimate of drug-likeness (QED) is 0.806. The molecule has 2 fully saturated rings. The smallest absolute Gasteiger partial charge is 0.227 e. The Kier molecular flexibility index (Phi) is 7.03. The highest BCUT2D eigenvalue weighted by Gasteiger charge is 2.29. The van der Waals surface area contributed by atoms with E-state index in [0.29, 0.717) is 11.7 Å². The summed E-state index contributed by atoms with van der Waals surface area (Å²) >= 11 is 0. The first-order valence-electron chi connectivity index (χ1n) is 9.95. The number of ether oxygens (including phenoxy) is 1. The number of rotatable bonds is 5. The second kappa shape index (κ2) is 9.47. The third kappa shape index (κ3) is 5.04. The van der Waals surface area contributed by atoms with Crippen LogP contribution >= 0.6 is 0 Å². The first kappa shape index (κ1) is 19.3. The van der Waals surface area contributed by atoms with Gasteiger partial charge in [0, 0.05) is 39.3 Å². The molecular formula is C21H31FN2O2. The molecule has 2 saturated heterocycles. The van der Waals surface area contributed by atoms with E-state index in [1.54, 1.807) is 25.3 Å². The fraction of sp³-hybridized carbons (Fsp3) is 0.667. The van der Waals surface area contributed by atoms with Gasteiger partial charge in [-0.15, -0.1) is 0 Å². The van der Waals surface area contributed by atoms with Gasteiger partial charge in [0.05, 0.1) is 12.5 Å². The first-order chi connectivity index (χ1) is 12.7. The normalized spacial score (nSPS) is 23.0. The number of hydrogen-bond acceptors (Lipinski definition) is 3. The van der Waals surface area contributed by atoms with Gasteiger partial charge in [0.1, 0.15) is 5.82 Å². The van der Waals surface area contributed by atoms with Crippen molar-refractivity contribution in [1.29, 1.82) is 0 Å². The Hall–Kier alpha value is -1.46. The lowest BCUT2D eigenvalue weighted by Gasteiger charge is -2.37. The molecule has 3 rings (SSSR count). The summed E-state index contributed by atoms with van der Waals surface area (Å²) < 4.78 is 19.4. The second-order valence-electron chi connectivity index (χ2n) is 7.59. The number of carbonyl (C=O) groups excluding carboxylic acids is 1. The summed E-state index contributed by atoms with van der Waals surface area (Å²) in [6.07, 6.45) is 7.10. The summed E-state index contributed by atoms with van der Waals surface area (Å²) in [4.78, 5) is 17.4. The number of amides is 1. The SMILES string of the molecule is COC1CCN(CC2CCCCCN2C(=O)Cc2ccccc2F)CC1. The van der Waals surface area contributed by atoms with Crippen LogP contribution in [0, 0.1) is 5.82 Å². The summed E-state index contributed by atoms with van der Waals surface area (Å²) in [7, 11) is 1.79. The fourth-order valence-corrected chi connectivity index (χ4v) is 4.23. The molecule has 1 amide bonds. The molecule has 2 aliphatic rings. The minimum atomic E-state index is -0.283. The van der Waals surface area contributed by atoms with Crippen LogP contribution < -0.4 is 0 Å². The van der Waals surface area contributed by atoms with E-state index in [4.69, 9.17) is 4.74 Å². The number of piperidine rings is 1. The molecule has 144 valence electrons. The molecule has 0 spiro atoms. The standard InChI is InChI=1S/C21H31FN2O2/c1-26-19-10-13-23(14-11-19)16-18-8-3-2-6-12-24(18)21(25)15-17-7-4-5-9-20(17)22/h4-5,7,9,18-19H,2-3,6,8,10-16H2,1H3. The highest BCUT2D eigenvalue weighted by atomic mass is 19.1. The Morgan fingerprint density at radius 1 is 1.12 bits per heavy atom. The zero-order valence-electron chi connectivity index (χ0n) is 15.8.